The quantitative estimate of drug-likeness (QED) is 0.138. The van der Waals surface area contributed by atoms with Crippen molar-refractivity contribution in [3.8, 4) is 11.8 Å². The van der Waals surface area contributed by atoms with Crippen LogP contribution in [0, 0.1) is 11.8 Å². The summed E-state index contributed by atoms with van der Waals surface area (Å²) < 4.78 is 5.43. The average molecular weight is 658 g/mol. The van der Waals surface area contributed by atoms with Gasteiger partial charge in [-0.05, 0) is 64.2 Å². The van der Waals surface area contributed by atoms with Crippen molar-refractivity contribution in [2.24, 2.45) is 0 Å². The van der Waals surface area contributed by atoms with Crippen LogP contribution < -0.4 is 10.6 Å². The number of carboxylic acid groups (broad SMARTS) is 1. The number of hydrogen-bond acceptors (Lipinski definition) is 6. The fourth-order valence-corrected chi connectivity index (χ4v) is 5.50. The van der Waals surface area contributed by atoms with E-state index in [0.29, 0.717) is 12.8 Å². The SMILES string of the molecule is CC(C)(C)OC(=O)N[C@@H](Cc1ccccc1)[C@H](O)CNC[C@@H](O)[C@H](Cc1ccccc1)N(C(=O)O)C(C)(C)CC#CCc1ccccc1. The van der Waals surface area contributed by atoms with Gasteiger partial charge in [0.15, 0.2) is 0 Å². The van der Waals surface area contributed by atoms with Gasteiger partial charge in [-0.3, -0.25) is 4.90 Å². The first-order valence-electron chi connectivity index (χ1n) is 16.4. The Kier molecular flexibility index (Phi) is 14.5. The van der Waals surface area contributed by atoms with Crippen LogP contribution in [0.2, 0.25) is 0 Å². The summed E-state index contributed by atoms with van der Waals surface area (Å²) in [4.78, 5) is 26.8. The predicted molar refractivity (Wildman–Crippen MR) is 189 cm³/mol. The summed E-state index contributed by atoms with van der Waals surface area (Å²) in [6, 6.07) is 27.3. The van der Waals surface area contributed by atoms with Crippen LogP contribution in [0.5, 0.6) is 0 Å². The Bertz CT molecular complexity index is 1470. The summed E-state index contributed by atoms with van der Waals surface area (Å²) in [5.41, 5.74) is 1.25. The van der Waals surface area contributed by atoms with E-state index in [4.69, 9.17) is 4.74 Å². The maximum absolute atomic E-state index is 12.8. The fraction of sp³-hybridized carbons (Fsp3) is 0.436. The molecule has 48 heavy (non-hydrogen) atoms. The van der Waals surface area contributed by atoms with E-state index in [-0.39, 0.29) is 25.9 Å². The molecule has 258 valence electrons. The van der Waals surface area contributed by atoms with E-state index in [1.165, 1.54) is 4.90 Å². The van der Waals surface area contributed by atoms with Crippen LogP contribution >= 0.6 is 0 Å². The van der Waals surface area contributed by atoms with E-state index in [1.807, 2.05) is 105 Å². The van der Waals surface area contributed by atoms with Gasteiger partial charge in [0.25, 0.3) is 0 Å². The molecule has 2 amide bonds. The van der Waals surface area contributed by atoms with Gasteiger partial charge in [-0.25, -0.2) is 9.59 Å². The molecule has 0 spiro atoms. The first-order chi connectivity index (χ1) is 22.7. The van der Waals surface area contributed by atoms with Crippen LogP contribution in [0.3, 0.4) is 0 Å². The highest BCUT2D eigenvalue weighted by molar-refractivity contribution is 5.68. The second kappa shape index (κ2) is 18.3. The van der Waals surface area contributed by atoms with Crippen LogP contribution in [0.1, 0.15) is 57.7 Å². The smallest absolute Gasteiger partial charge is 0.408 e. The third kappa shape index (κ3) is 13.0. The van der Waals surface area contributed by atoms with Crippen molar-refractivity contribution in [2.75, 3.05) is 13.1 Å². The Morgan fingerprint density at radius 1 is 0.750 bits per heavy atom. The van der Waals surface area contributed by atoms with Gasteiger partial charge in [0.05, 0.1) is 29.8 Å². The minimum Gasteiger partial charge on any atom is -0.465 e. The zero-order valence-corrected chi connectivity index (χ0v) is 28.7. The van der Waals surface area contributed by atoms with Crippen LogP contribution in [0.4, 0.5) is 9.59 Å². The summed E-state index contributed by atoms with van der Waals surface area (Å²) in [7, 11) is 0. The number of nitrogens with zero attached hydrogens (tertiary/aromatic N) is 1. The second-order valence-electron chi connectivity index (χ2n) is 13.7. The van der Waals surface area contributed by atoms with Gasteiger partial charge in [-0.2, -0.15) is 0 Å². The first-order valence-corrected chi connectivity index (χ1v) is 16.4. The van der Waals surface area contributed by atoms with Gasteiger partial charge in [0, 0.05) is 25.9 Å². The average Bonchev–Trinajstić information content (AvgIpc) is 3.02. The molecule has 0 radical (unpaired) electrons. The lowest BCUT2D eigenvalue weighted by Crippen LogP contribution is -2.59. The summed E-state index contributed by atoms with van der Waals surface area (Å²) in [6.45, 7) is 8.96. The molecule has 0 heterocycles. The Morgan fingerprint density at radius 3 is 1.77 bits per heavy atom. The number of amides is 2. The van der Waals surface area contributed by atoms with Gasteiger partial charge in [0.1, 0.15) is 5.60 Å². The van der Waals surface area contributed by atoms with E-state index in [2.05, 4.69) is 22.5 Å². The third-order valence-corrected chi connectivity index (χ3v) is 7.88. The number of carbonyl (C=O) groups is 2. The topological polar surface area (TPSA) is 131 Å². The molecule has 3 aromatic rings. The first kappa shape index (κ1) is 38.1. The van der Waals surface area contributed by atoms with Crippen LogP contribution in [0.25, 0.3) is 0 Å². The lowest BCUT2D eigenvalue weighted by atomic mass is 9.91. The molecule has 3 aromatic carbocycles. The van der Waals surface area contributed by atoms with Crippen LogP contribution in [-0.2, 0) is 24.0 Å². The molecule has 0 saturated carbocycles. The van der Waals surface area contributed by atoms with Gasteiger partial charge in [-0.1, -0.05) is 96.9 Å². The second-order valence-corrected chi connectivity index (χ2v) is 13.7. The summed E-state index contributed by atoms with van der Waals surface area (Å²) in [5, 5.41) is 39.1. The minimum atomic E-state index is -1.16. The zero-order chi connectivity index (χ0) is 35.2. The van der Waals surface area contributed by atoms with Crippen molar-refractivity contribution in [1.82, 2.24) is 15.5 Å². The number of rotatable bonds is 15. The molecule has 4 atom stereocenters. The number of nitrogens with one attached hydrogen (secondary N) is 2. The van der Waals surface area contributed by atoms with Crippen molar-refractivity contribution < 1.29 is 29.6 Å². The molecule has 9 heteroatoms. The highest BCUT2D eigenvalue weighted by Crippen LogP contribution is 2.26. The van der Waals surface area contributed by atoms with Crippen molar-refractivity contribution in [1.29, 1.82) is 0 Å². The molecule has 0 aliphatic carbocycles. The molecule has 0 aliphatic rings. The molecule has 9 nitrogen and oxygen atoms in total. The predicted octanol–water partition coefficient (Wildman–Crippen LogP) is 5.44. The maximum Gasteiger partial charge on any atom is 0.408 e. The van der Waals surface area contributed by atoms with E-state index in [9.17, 15) is 24.9 Å². The summed E-state index contributed by atoms with van der Waals surface area (Å²) in [5.74, 6) is 6.32. The summed E-state index contributed by atoms with van der Waals surface area (Å²) in [6.07, 6.45) is -2.51. The number of ether oxygens (including phenoxy) is 1. The van der Waals surface area contributed by atoms with E-state index < -0.39 is 47.6 Å². The normalized spacial score (nSPS) is 14.1. The Balaban J connectivity index is 1.74. The van der Waals surface area contributed by atoms with Gasteiger partial charge in [-0.15, -0.1) is 5.92 Å². The van der Waals surface area contributed by atoms with Gasteiger partial charge < -0.3 is 30.7 Å². The third-order valence-electron chi connectivity index (χ3n) is 7.88. The van der Waals surface area contributed by atoms with Crippen molar-refractivity contribution in [3.05, 3.63) is 108 Å². The van der Waals surface area contributed by atoms with Crippen LogP contribution in [0.15, 0.2) is 91.0 Å². The molecule has 0 fully saturated rings. The zero-order valence-electron chi connectivity index (χ0n) is 28.7. The van der Waals surface area contributed by atoms with Crippen molar-refractivity contribution >= 4 is 12.2 Å². The minimum absolute atomic E-state index is 0.00139. The van der Waals surface area contributed by atoms with E-state index in [0.717, 1.165) is 16.7 Å². The Hall–Kier alpha value is -4.36. The lowest BCUT2D eigenvalue weighted by Gasteiger charge is -2.43. The molecular weight excluding hydrogens is 606 g/mol. The fourth-order valence-electron chi connectivity index (χ4n) is 5.50. The molecular formula is C39H51N3O6. The van der Waals surface area contributed by atoms with Gasteiger partial charge >= 0.3 is 12.2 Å². The maximum atomic E-state index is 12.8. The number of aliphatic hydroxyl groups excluding tert-OH is 2. The number of alkyl carbamates (subject to hydrolysis) is 1. The Morgan fingerprint density at radius 2 is 1.25 bits per heavy atom. The van der Waals surface area contributed by atoms with Gasteiger partial charge in [0.2, 0.25) is 0 Å². The molecule has 0 aliphatic heterocycles. The summed E-state index contributed by atoms with van der Waals surface area (Å²) >= 11 is 0. The molecule has 3 rings (SSSR count). The van der Waals surface area contributed by atoms with E-state index >= 15 is 0 Å². The molecule has 0 saturated heterocycles. The molecule has 0 bridgehead atoms. The van der Waals surface area contributed by atoms with E-state index in [1.54, 1.807) is 20.8 Å². The monoisotopic (exact) mass is 657 g/mol. The Labute approximate surface area is 285 Å². The van der Waals surface area contributed by atoms with Crippen molar-refractivity contribution in [3.63, 3.8) is 0 Å². The highest BCUT2D eigenvalue weighted by atomic mass is 16.6. The number of benzene rings is 3. The molecule has 0 unspecified atom stereocenters. The number of aliphatic hydroxyl groups is 2. The highest BCUT2D eigenvalue weighted by Gasteiger charge is 2.39. The largest absolute Gasteiger partial charge is 0.465 e. The molecule has 0 aromatic heterocycles. The molecule has 5 N–H and O–H groups in total. The van der Waals surface area contributed by atoms with Crippen LogP contribution in [-0.4, -0.2) is 80.9 Å². The standard InChI is InChI=1S/C39H51N3O6/c1-38(2,3)48-36(45)41-32(25-30-20-11-7-12-21-30)34(43)27-40-28-35(44)33(26-31-22-13-8-14-23-31)42(37(46)47)39(4,5)24-16-15-19-29-17-9-6-10-18-29/h6-14,17-18,20-23,32-35,40,43-44H,19,24-28H2,1-5H3,(H,41,45)(H,46,47)/t32-,33-,34+,35+/m0/s1. The number of carbonyl (C=O) groups excluding carboxylic acids is 1. The lowest BCUT2D eigenvalue weighted by molar-refractivity contribution is 0.00201. The van der Waals surface area contributed by atoms with Crippen molar-refractivity contribution in [2.45, 2.75) is 95.7 Å². The number of hydrogen-bond donors (Lipinski definition) is 5.